The van der Waals surface area contributed by atoms with E-state index >= 15 is 0 Å². The van der Waals surface area contributed by atoms with Gasteiger partial charge in [0.15, 0.2) is 0 Å². The maximum absolute atomic E-state index is 12.5. The molecule has 0 bridgehead atoms. The first-order valence-electron chi connectivity index (χ1n) is 7.38. The van der Waals surface area contributed by atoms with E-state index in [-0.39, 0.29) is 24.4 Å². The zero-order valence-corrected chi connectivity index (χ0v) is 11.6. The fourth-order valence-electron chi connectivity index (χ4n) is 3.21. The second-order valence-corrected chi connectivity index (χ2v) is 5.57. The van der Waals surface area contributed by atoms with Crippen LogP contribution >= 0.6 is 0 Å². The molecule has 0 aromatic heterocycles. The van der Waals surface area contributed by atoms with E-state index in [0.717, 1.165) is 32.4 Å². The fourth-order valence-corrected chi connectivity index (χ4v) is 3.21. The van der Waals surface area contributed by atoms with Crippen molar-refractivity contribution >= 4 is 11.8 Å². The van der Waals surface area contributed by atoms with E-state index in [1.54, 1.807) is 4.90 Å². The van der Waals surface area contributed by atoms with Gasteiger partial charge in [-0.25, -0.2) is 0 Å². The third-order valence-electron chi connectivity index (χ3n) is 4.25. The van der Waals surface area contributed by atoms with Gasteiger partial charge >= 0.3 is 0 Å². The smallest absolute Gasteiger partial charge is 0.242 e. The summed E-state index contributed by atoms with van der Waals surface area (Å²) in [5, 5.41) is 0. The molecule has 20 heavy (non-hydrogen) atoms. The van der Waals surface area contributed by atoms with Crippen LogP contribution in [0.4, 0.5) is 0 Å². The maximum Gasteiger partial charge on any atom is 0.242 e. The predicted octanol–water partition coefficient (Wildman–Crippen LogP) is 1.97. The van der Waals surface area contributed by atoms with Crippen molar-refractivity contribution < 1.29 is 9.59 Å². The van der Waals surface area contributed by atoms with Crippen molar-refractivity contribution in [3.8, 4) is 0 Å². The average Bonchev–Trinajstić information content (AvgIpc) is 3.09. The van der Waals surface area contributed by atoms with Gasteiger partial charge in [0, 0.05) is 19.5 Å². The molecule has 2 saturated heterocycles. The van der Waals surface area contributed by atoms with Gasteiger partial charge in [0.05, 0.1) is 12.6 Å². The highest BCUT2D eigenvalue weighted by molar-refractivity contribution is 5.86. The first-order chi connectivity index (χ1) is 9.75. The van der Waals surface area contributed by atoms with Crippen LogP contribution in [-0.2, 0) is 9.59 Å². The Bertz CT molecular complexity index is 500. The lowest BCUT2D eigenvalue weighted by Crippen LogP contribution is -2.40. The third kappa shape index (κ3) is 2.55. The van der Waals surface area contributed by atoms with Crippen molar-refractivity contribution in [2.45, 2.75) is 31.7 Å². The quantitative estimate of drug-likeness (QED) is 0.844. The summed E-state index contributed by atoms with van der Waals surface area (Å²) < 4.78 is 0. The van der Waals surface area contributed by atoms with Gasteiger partial charge in [-0.3, -0.25) is 9.59 Å². The summed E-state index contributed by atoms with van der Waals surface area (Å²) in [4.78, 5) is 27.7. The fraction of sp³-hybridized carbons (Fsp3) is 0.500. The van der Waals surface area contributed by atoms with Gasteiger partial charge in [-0.2, -0.15) is 0 Å². The van der Waals surface area contributed by atoms with Gasteiger partial charge in [0.1, 0.15) is 0 Å². The average molecular weight is 272 g/mol. The van der Waals surface area contributed by atoms with Crippen LogP contribution in [0.25, 0.3) is 0 Å². The van der Waals surface area contributed by atoms with E-state index in [4.69, 9.17) is 0 Å². The number of rotatable bonds is 3. The Hall–Kier alpha value is -1.84. The van der Waals surface area contributed by atoms with Gasteiger partial charge in [-0.1, -0.05) is 30.3 Å². The van der Waals surface area contributed by atoms with Crippen LogP contribution in [0.15, 0.2) is 30.3 Å². The summed E-state index contributed by atoms with van der Waals surface area (Å²) >= 11 is 0. The standard InChI is InChI=1S/C16H20N2O2/c19-15-9-5-10-17(15)12-16(20)18-11-4-8-14(18)13-6-2-1-3-7-13/h1-3,6-7,14H,4-5,8-12H2. The largest absolute Gasteiger partial charge is 0.334 e. The molecule has 0 spiro atoms. The second kappa shape index (κ2) is 5.65. The Morgan fingerprint density at radius 1 is 1.15 bits per heavy atom. The van der Waals surface area contributed by atoms with Crippen molar-refractivity contribution in [1.29, 1.82) is 0 Å². The second-order valence-electron chi connectivity index (χ2n) is 5.57. The number of nitrogens with zero attached hydrogens (tertiary/aromatic N) is 2. The minimum absolute atomic E-state index is 0.0894. The summed E-state index contributed by atoms with van der Waals surface area (Å²) in [7, 11) is 0. The first kappa shape index (κ1) is 13.2. The molecular weight excluding hydrogens is 252 g/mol. The molecule has 2 aliphatic heterocycles. The van der Waals surface area contributed by atoms with E-state index in [0.29, 0.717) is 6.42 Å². The molecule has 1 unspecified atom stereocenters. The maximum atomic E-state index is 12.5. The summed E-state index contributed by atoms with van der Waals surface area (Å²) in [6.45, 7) is 1.79. The topological polar surface area (TPSA) is 40.6 Å². The number of carbonyl (C=O) groups is 2. The van der Waals surface area contributed by atoms with Crippen molar-refractivity contribution in [1.82, 2.24) is 9.80 Å². The van der Waals surface area contributed by atoms with Crippen LogP contribution in [0, 0.1) is 0 Å². The van der Waals surface area contributed by atoms with E-state index in [1.807, 2.05) is 23.1 Å². The van der Waals surface area contributed by atoms with Crippen LogP contribution in [0.3, 0.4) is 0 Å². The van der Waals surface area contributed by atoms with Gasteiger partial charge in [0.2, 0.25) is 11.8 Å². The molecule has 0 aliphatic carbocycles. The highest BCUT2D eigenvalue weighted by Gasteiger charge is 2.32. The Morgan fingerprint density at radius 2 is 1.95 bits per heavy atom. The van der Waals surface area contributed by atoms with Gasteiger partial charge < -0.3 is 9.80 Å². The van der Waals surface area contributed by atoms with E-state index in [1.165, 1.54) is 5.56 Å². The molecule has 1 aromatic rings. The van der Waals surface area contributed by atoms with E-state index in [9.17, 15) is 9.59 Å². The number of carbonyl (C=O) groups excluding carboxylic acids is 2. The van der Waals surface area contributed by atoms with Gasteiger partial charge in [-0.15, -0.1) is 0 Å². The SMILES string of the molecule is O=C1CCCN1CC(=O)N1CCCC1c1ccccc1. The Morgan fingerprint density at radius 3 is 2.65 bits per heavy atom. The number of benzene rings is 1. The molecule has 2 amide bonds. The molecule has 0 saturated carbocycles. The summed E-state index contributed by atoms with van der Waals surface area (Å²) in [6, 6.07) is 10.4. The lowest BCUT2D eigenvalue weighted by Gasteiger charge is -2.27. The Labute approximate surface area is 119 Å². The molecule has 1 atom stereocenters. The highest BCUT2D eigenvalue weighted by atomic mass is 16.2. The van der Waals surface area contributed by atoms with E-state index < -0.39 is 0 Å². The molecule has 2 fully saturated rings. The van der Waals surface area contributed by atoms with Crippen molar-refractivity contribution in [3.63, 3.8) is 0 Å². The molecule has 4 nitrogen and oxygen atoms in total. The highest BCUT2D eigenvalue weighted by Crippen LogP contribution is 2.31. The molecule has 2 heterocycles. The molecule has 1 aromatic carbocycles. The molecule has 0 N–H and O–H groups in total. The molecule has 3 rings (SSSR count). The van der Waals surface area contributed by atoms with Crippen LogP contribution in [0.1, 0.15) is 37.3 Å². The van der Waals surface area contributed by atoms with Crippen LogP contribution < -0.4 is 0 Å². The number of amides is 2. The summed E-state index contributed by atoms with van der Waals surface area (Å²) in [6.07, 6.45) is 3.53. The van der Waals surface area contributed by atoms with Gasteiger partial charge in [-0.05, 0) is 24.8 Å². The van der Waals surface area contributed by atoms with Gasteiger partial charge in [0.25, 0.3) is 0 Å². The Kier molecular flexibility index (Phi) is 3.72. The monoisotopic (exact) mass is 272 g/mol. The van der Waals surface area contributed by atoms with E-state index in [2.05, 4.69) is 12.1 Å². The van der Waals surface area contributed by atoms with Crippen molar-refractivity contribution in [2.75, 3.05) is 19.6 Å². The first-order valence-corrected chi connectivity index (χ1v) is 7.38. The minimum atomic E-state index is 0.0894. The molecular formula is C16H20N2O2. The molecule has 106 valence electrons. The van der Waals surface area contributed by atoms with Crippen LogP contribution in [-0.4, -0.2) is 41.2 Å². The lowest BCUT2D eigenvalue weighted by molar-refractivity contribution is -0.139. The summed E-state index contributed by atoms with van der Waals surface area (Å²) in [5.41, 5.74) is 1.20. The number of hydrogen-bond acceptors (Lipinski definition) is 2. The third-order valence-corrected chi connectivity index (χ3v) is 4.25. The lowest BCUT2D eigenvalue weighted by atomic mass is 10.0. The molecule has 0 radical (unpaired) electrons. The number of likely N-dealkylation sites (tertiary alicyclic amines) is 2. The van der Waals surface area contributed by atoms with Crippen molar-refractivity contribution in [2.24, 2.45) is 0 Å². The zero-order chi connectivity index (χ0) is 13.9. The minimum Gasteiger partial charge on any atom is -0.334 e. The van der Waals surface area contributed by atoms with Crippen molar-refractivity contribution in [3.05, 3.63) is 35.9 Å². The Balaban J connectivity index is 1.69. The number of hydrogen-bond donors (Lipinski definition) is 0. The van der Waals surface area contributed by atoms with Crippen LogP contribution in [0.2, 0.25) is 0 Å². The zero-order valence-electron chi connectivity index (χ0n) is 11.6. The predicted molar refractivity (Wildman–Crippen MR) is 75.9 cm³/mol. The van der Waals surface area contributed by atoms with Crippen LogP contribution in [0.5, 0.6) is 0 Å². The molecule has 2 aliphatic rings. The molecule has 4 heteroatoms. The summed E-state index contributed by atoms with van der Waals surface area (Å²) in [5.74, 6) is 0.209. The normalized spacial score (nSPS) is 22.6.